The monoisotopic (exact) mass is 198 g/mol. The van der Waals surface area contributed by atoms with Gasteiger partial charge < -0.3 is 11.1 Å². The lowest BCUT2D eigenvalue weighted by atomic mass is 10.1. The molecule has 0 bridgehead atoms. The summed E-state index contributed by atoms with van der Waals surface area (Å²) >= 11 is 5.75. The van der Waals surface area contributed by atoms with Crippen molar-refractivity contribution in [3.63, 3.8) is 0 Å². The molecule has 0 saturated heterocycles. The first-order valence-electron chi connectivity index (χ1n) is 4.26. The topological polar surface area (TPSA) is 38.0 Å². The summed E-state index contributed by atoms with van der Waals surface area (Å²) in [6.45, 7) is 4.71. The van der Waals surface area contributed by atoms with Gasteiger partial charge in [0.2, 0.25) is 0 Å². The second-order valence-corrected chi connectivity index (χ2v) is 4.29. The van der Waals surface area contributed by atoms with E-state index in [-0.39, 0.29) is 5.54 Å². The minimum absolute atomic E-state index is 0.195. The molecule has 0 spiro atoms. The molecule has 0 saturated carbocycles. The lowest BCUT2D eigenvalue weighted by Crippen LogP contribution is -2.39. The van der Waals surface area contributed by atoms with Gasteiger partial charge in [0.1, 0.15) is 0 Å². The average Bonchev–Trinajstić information content (AvgIpc) is 2.02. The molecule has 1 aromatic rings. The first-order chi connectivity index (χ1) is 5.97. The number of anilines is 1. The van der Waals surface area contributed by atoms with Gasteiger partial charge in [-0.3, -0.25) is 0 Å². The third-order valence-electron chi connectivity index (χ3n) is 1.59. The summed E-state index contributed by atoms with van der Waals surface area (Å²) in [6, 6.07) is 7.59. The summed E-state index contributed by atoms with van der Waals surface area (Å²) in [5, 5.41) is 3.98. The molecule has 0 amide bonds. The van der Waals surface area contributed by atoms with E-state index >= 15 is 0 Å². The molecule has 2 nitrogen and oxygen atoms in total. The quantitative estimate of drug-likeness (QED) is 0.783. The number of hydrogen-bond acceptors (Lipinski definition) is 2. The SMILES string of the molecule is CC(C)(N)CNc1ccc(Cl)cc1. The van der Waals surface area contributed by atoms with Gasteiger partial charge in [-0.25, -0.2) is 0 Å². The maximum Gasteiger partial charge on any atom is 0.0407 e. The zero-order chi connectivity index (χ0) is 9.90. The summed E-state index contributed by atoms with van der Waals surface area (Å²) < 4.78 is 0. The van der Waals surface area contributed by atoms with Gasteiger partial charge in [-0.1, -0.05) is 11.6 Å². The van der Waals surface area contributed by atoms with E-state index in [2.05, 4.69) is 5.32 Å². The third-order valence-corrected chi connectivity index (χ3v) is 1.84. The van der Waals surface area contributed by atoms with Crippen LogP contribution in [0, 0.1) is 0 Å². The first kappa shape index (κ1) is 10.4. The molecule has 0 aliphatic heterocycles. The van der Waals surface area contributed by atoms with Crippen molar-refractivity contribution in [1.29, 1.82) is 0 Å². The number of nitrogens with one attached hydrogen (secondary N) is 1. The van der Waals surface area contributed by atoms with Crippen LogP contribution in [0.4, 0.5) is 5.69 Å². The highest BCUT2D eigenvalue weighted by Crippen LogP contribution is 2.13. The van der Waals surface area contributed by atoms with E-state index in [4.69, 9.17) is 17.3 Å². The Kier molecular flexibility index (Phi) is 3.17. The van der Waals surface area contributed by atoms with Gasteiger partial charge in [0.25, 0.3) is 0 Å². The Morgan fingerprint density at radius 1 is 1.31 bits per heavy atom. The van der Waals surface area contributed by atoms with Crippen LogP contribution in [-0.4, -0.2) is 12.1 Å². The zero-order valence-corrected chi connectivity index (χ0v) is 8.73. The van der Waals surface area contributed by atoms with Gasteiger partial charge in [0, 0.05) is 22.8 Å². The van der Waals surface area contributed by atoms with Crippen molar-refractivity contribution in [2.24, 2.45) is 5.73 Å². The van der Waals surface area contributed by atoms with E-state index in [1.165, 1.54) is 0 Å². The van der Waals surface area contributed by atoms with E-state index in [9.17, 15) is 0 Å². The maximum atomic E-state index is 5.82. The molecule has 72 valence electrons. The van der Waals surface area contributed by atoms with Crippen LogP contribution in [0.2, 0.25) is 5.02 Å². The second-order valence-electron chi connectivity index (χ2n) is 3.85. The molecule has 0 aromatic heterocycles. The van der Waals surface area contributed by atoms with Crippen molar-refractivity contribution >= 4 is 17.3 Å². The van der Waals surface area contributed by atoms with Crippen LogP contribution in [0.3, 0.4) is 0 Å². The molecule has 3 heteroatoms. The van der Waals surface area contributed by atoms with Crippen LogP contribution < -0.4 is 11.1 Å². The molecule has 0 radical (unpaired) electrons. The van der Waals surface area contributed by atoms with Crippen molar-refractivity contribution in [2.45, 2.75) is 19.4 Å². The number of rotatable bonds is 3. The molecule has 1 aromatic carbocycles. The first-order valence-corrected chi connectivity index (χ1v) is 4.63. The lowest BCUT2D eigenvalue weighted by Gasteiger charge is -2.19. The normalized spacial score (nSPS) is 11.4. The largest absolute Gasteiger partial charge is 0.383 e. The fourth-order valence-corrected chi connectivity index (χ4v) is 1.02. The Morgan fingerprint density at radius 3 is 2.31 bits per heavy atom. The Labute approximate surface area is 84.1 Å². The summed E-state index contributed by atoms with van der Waals surface area (Å²) in [6.07, 6.45) is 0. The summed E-state index contributed by atoms with van der Waals surface area (Å²) in [7, 11) is 0. The van der Waals surface area contributed by atoms with Gasteiger partial charge in [-0.15, -0.1) is 0 Å². The fourth-order valence-electron chi connectivity index (χ4n) is 0.898. The molecule has 0 atom stereocenters. The van der Waals surface area contributed by atoms with Gasteiger partial charge in [-0.2, -0.15) is 0 Å². The van der Waals surface area contributed by atoms with Crippen LogP contribution in [0.25, 0.3) is 0 Å². The molecule has 1 rings (SSSR count). The third kappa shape index (κ3) is 4.15. The fraction of sp³-hybridized carbons (Fsp3) is 0.400. The minimum Gasteiger partial charge on any atom is -0.383 e. The van der Waals surface area contributed by atoms with Crippen molar-refractivity contribution in [3.05, 3.63) is 29.3 Å². The van der Waals surface area contributed by atoms with E-state index in [0.717, 1.165) is 17.3 Å². The molecule has 0 fully saturated rings. The highest BCUT2D eigenvalue weighted by Gasteiger charge is 2.09. The number of hydrogen-bond donors (Lipinski definition) is 2. The van der Waals surface area contributed by atoms with Gasteiger partial charge in [0.15, 0.2) is 0 Å². The number of halogens is 1. The molecule has 13 heavy (non-hydrogen) atoms. The second kappa shape index (κ2) is 3.99. The highest BCUT2D eigenvalue weighted by atomic mass is 35.5. The highest BCUT2D eigenvalue weighted by molar-refractivity contribution is 6.30. The minimum atomic E-state index is -0.195. The van der Waals surface area contributed by atoms with Crippen molar-refractivity contribution in [1.82, 2.24) is 0 Å². The van der Waals surface area contributed by atoms with Crippen molar-refractivity contribution in [2.75, 3.05) is 11.9 Å². The molecular formula is C10H15ClN2. The number of benzene rings is 1. The summed E-state index contributed by atoms with van der Waals surface area (Å²) in [5.41, 5.74) is 6.67. The van der Waals surface area contributed by atoms with Crippen LogP contribution in [0.5, 0.6) is 0 Å². The zero-order valence-electron chi connectivity index (χ0n) is 7.97. The molecule has 0 aliphatic carbocycles. The lowest BCUT2D eigenvalue weighted by molar-refractivity contribution is 0.549. The predicted octanol–water partition coefficient (Wildman–Crippen LogP) is 2.49. The maximum absolute atomic E-state index is 5.82. The summed E-state index contributed by atoms with van der Waals surface area (Å²) in [4.78, 5) is 0. The molecular weight excluding hydrogens is 184 g/mol. The molecule has 0 heterocycles. The van der Waals surface area contributed by atoms with Gasteiger partial charge in [-0.05, 0) is 38.1 Å². The van der Waals surface area contributed by atoms with Crippen LogP contribution in [0.1, 0.15) is 13.8 Å². The molecule has 0 aliphatic rings. The van der Waals surface area contributed by atoms with E-state index < -0.39 is 0 Å². The Balaban J connectivity index is 2.51. The van der Waals surface area contributed by atoms with Crippen LogP contribution in [-0.2, 0) is 0 Å². The Hall–Kier alpha value is -0.730. The summed E-state index contributed by atoms with van der Waals surface area (Å²) in [5.74, 6) is 0. The van der Waals surface area contributed by atoms with Crippen molar-refractivity contribution in [3.8, 4) is 0 Å². The van der Waals surface area contributed by atoms with Crippen LogP contribution >= 0.6 is 11.6 Å². The average molecular weight is 199 g/mol. The smallest absolute Gasteiger partial charge is 0.0407 e. The van der Waals surface area contributed by atoms with Gasteiger partial charge >= 0.3 is 0 Å². The standard InChI is InChI=1S/C10H15ClN2/c1-10(2,12)7-13-9-5-3-8(11)4-6-9/h3-6,13H,7,12H2,1-2H3. The number of nitrogens with two attached hydrogens (primary N) is 1. The molecule has 3 N–H and O–H groups in total. The van der Waals surface area contributed by atoms with E-state index in [0.29, 0.717) is 0 Å². The predicted molar refractivity (Wildman–Crippen MR) is 58.2 cm³/mol. The Morgan fingerprint density at radius 2 is 1.85 bits per heavy atom. The van der Waals surface area contributed by atoms with E-state index in [1.54, 1.807) is 0 Å². The van der Waals surface area contributed by atoms with Crippen LogP contribution in [0.15, 0.2) is 24.3 Å². The molecule has 0 unspecified atom stereocenters. The van der Waals surface area contributed by atoms with E-state index in [1.807, 2.05) is 38.1 Å². The van der Waals surface area contributed by atoms with Crippen molar-refractivity contribution < 1.29 is 0 Å². The van der Waals surface area contributed by atoms with Gasteiger partial charge in [0.05, 0.1) is 0 Å². The Bertz CT molecular complexity index is 261.